The Hall–Kier alpha value is -2.16. The average molecular weight is 313 g/mol. The zero-order chi connectivity index (χ0) is 17.2. The highest BCUT2D eigenvalue weighted by molar-refractivity contribution is 5.94. The van der Waals surface area contributed by atoms with E-state index in [4.69, 9.17) is 0 Å². The summed E-state index contributed by atoms with van der Waals surface area (Å²) in [5.74, 6) is -0.236. The molecule has 0 aliphatic rings. The Balaban J connectivity index is 2.72. The van der Waals surface area contributed by atoms with Crippen LogP contribution in [0.3, 0.4) is 0 Å². The first kappa shape index (κ1) is 18.9. The van der Waals surface area contributed by atoms with Gasteiger partial charge in [-0.3, -0.25) is 14.5 Å². The summed E-state index contributed by atoms with van der Waals surface area (Å²) < 4.78 is 0. The van der Waals surface area contributed by atoms with Gasteiger partial charge in [-0.15, -0.1) is 0 Å². The van der Waals surface area contributed by atoms with E-state index in [0.29, 0.717) is 13.0 Å². The van der Waals surface area contributed by atoms with Crippen molar-refractivity contribution >= 4 is 11.8 Å². The van der Waals surface area contributed by atoms with Gasteiger partial charge in [-0.1, -0.05) is 62.4 Å². The molecule has 1 rings (SSSR count). The van der Waals surface area contributed by atoms with E-state index in [-0.39, 0.29) is 17.7 Å². The summed E-state index contributed by atoms with van der Waals surface area (Å²) in [6.45, 7) is 7.84. The number of aryl methyl sites for hydroxylation is 1. The minimum atomic E-state index is -0.208. The van der Waals surface area contributed by atoms with E-state index in [9.17, 15) is 9.59 Å². The maximum atomic E-state index is 12.5. The Labute approximate surface area is 139 Å². The van der Waals surface area contributed by atoms with Gasteiger partial charge in [0.25, 0.3) is 0 Å². The molecule has 0 N–H and O–H groups in total. The lowest BCUT2D eigenvalue weighted by Crippen LogP contribution is -2.35. The summed E-state index contributed by atoms with van der Waals surface area (Å²) >= 11 is 0. The fraction of sp³-hybridized carbons (Fsp3) is 0.400. The summed E-state index contributed by atoms with van der Waals surface area (Å²) in [7, 11) is 0. The largest absolute Gasteiger partial charge is 0.278 e. The van der Waals surface area contributed by atoms with Crippen LogP contribution >= 0.6 is 0 Å². The molecular formula is C20H27NO2. The maximum Gasteiger partial charge on any atom is 0.230 e. The smallest absolute Gasteiger partial charge is 0.230 e. The molecule has 0 bridgehead atoms. The van der Waals surface area contributed by atoms with Gasteiger partial charge in [-0.05, 0) is 30.4 Å². The van der Waals surface area contributed by atoms with Crippen LogP contribution in [0.5, 0.6) is 0 Å². The zero-order valence-corrected chi connectivity index (χ0v) is 14.6. The highest BCUT2D eigenvalue weighted by Crippen LogP contribution is 2.14. The monoisotopic (exact) mass is 313 g/mol. The highest BCUT2D eigenvalue weighted by Gasteiger charge is 2.20. The molecule has 0 aromatic heterocycles. The van der Waals surface area contributed by atoms with Crippen LogP contribution in [-0.2, 0) is 16.1 Å². The molecule has 1 atom stereocenters. The maximum absolute atomic E-state index is 12.5. The molecule has 0 radical (unpaired) electrons. The quantitative estimate of drug-likeness (QED) is 0.699. The molecule has 0 fully saturated rings. The lowest BCUT2D eigenvalue weighted by molar-refractivity contribution is -0.144. The predicted molar refractivity (Wildman–Crippen MR) is 94.8 cm³/mol. The topological polar surface area (TPSA) is 37.4 Å². The lowest BCUT2D eigenvalue weighted by atomic mass is 10.0. The number of nitrogens with zero attached hydrogens (tertiary/aromatic N) is 1. The zero-order valence-electron chi connectivity index (χ0n) is 14.6. The summed E-state index contributed by atoms with van der Waals surface area (Å²) in [6, 6.07) is 7.83. The van der Waals surface area contributed by atoms with Crippen molar-refractivity contribution < 1.29 is 9.59 Å². The molecule has 1 aromatic carbocycles. The molecule has 1 unspecified atom stereocenters. The summed E-state index contributed by atoms with van der Waals surface area (Å²) in [5, 5.41) is 0. The molecule has 0 aliphatic carbocycles. The van der Waals surface area contributed by atoms with Crippen molar-refractivity contribution in [1.29, 1.82) is 0 Å². The number of amides is 2. The number of carbonyl (C=O) groups is 2. The first-order valence-corrected chi connectivity index (χ1v) is 8.14. The van der Waals surface area contributed by atoms with E-state index in [1.54, 1.807) is 0 Å². The van der Waals surface area contributed by atoms with Gasteiger partial charge in [0.2, 0.25) is 11.8 Å². The molecule has 23 heavy (non-hydrogen) atoms. The molecule has 3 nitrogen and oxygen atoms in total. The fourth-order valence-corrected chi connectivity index (χ4v) is 2.26. The van der Waals surface area contributed by atoms with Gasteiger partial charge in [-0.25, -0.2) is 0 Å². The first-order valence-electron chi connectivity index (χ1n) is 8.14. The molecule has 0 heterocycles. The van der Waals surface area contributed by atoms with Gasteiger partial charge < -0.3 is 0 Å². The van der Waals surface area contributed by atoms with Gasteiger partial charge in [0.1, 0.15) is 0 Å². The van der Waals surface area contributed by atoms with Crippen molar-refractivity contribution in [3.8, 4) is 0 Å². The van der Waals surface area contributed by atoms with E-state index >= 15 is 0 Å². The first-order chi connectivity index (χ1) is 11.0. The summed E-state index contributed by atoms with van der Waals surface area (Å²) in [5.41, 5.74) is 2.09. The molecular weight excluding hydrogens is 286 g/mol. The second-order valence-electron chi connectivity index (χ2n) is 5.83. The third kappa shape index (κ3) is 6.64. The second-order valence-corrected chi connectivity index (χ2v) is 5.83. The summed E-state index contributed by atoms with van der Waals surface area (Å²) in [6.07, 6.45) is 9.33. The van der Waals surface area contributed by atoms with Crippen LogP contribution in [0.25, 0.3) is 0 Å². The number of benzene rings is 1. The van der Waals surface area contributed by atoms with Crippen LogP contribution in [0.4, 0.5) is 0 Å². The molecule has 3 heteroatoms. The fourth-order valence-electron chi connectivity index (χ4n) is 2.26. The molecule has 124 valence electrons. The summed E-state index contributed by atoms with van der Waals surface area (Å²) in [4.78, 5) is 25.7. The van der Waals surface area contributed by atoms with Crippen molar-refractivity contribution in [3.63, 3.8) is 0 Å². The van der Waals surface area contributed by atoms with Crippen molar-refractivity contribution in [1.82, 2.24) is 4.90 Å². The third-order valence-corrected chi connectivity index (χ3v) is 3.69. The molecule has 0 saturated heterocycles. The van der Waals surface area contributed by atoms with E-state index in [1.807, 2.05) is 56.3 Å². The Kier molecular flexibility index (Phi) is 8.03. The van der Waals surface area contributed by atoms with Crippen LogP contribution in [0.2, 0.25) is 0 Å². The van der Waals surface area contributed by atoms with Crippen molar-refractivity contribution in [2.45, 2.75) is 47.1 Å². The lowest BCUT2D eigenvalue weighted by Gasteiger charge is -2.21. The molecule has 2 amide bonds. The van der Waals surface area contributed by atoms with Crippen LogP contribution in [0.15, 0.2) is 48.6 Å². The average Bonchev–Trinajstić information content (AvgIpc) is 2.50. The third-order valence-electron chi connectivity index (χ3n) is 3.69. The van der Waals surface area contributed by atoms with Crippen molar-refractivity contribution in [2.24, 2.45) is 5.92 Å². The van der Waals surface area contributed by atoms with Gasteiger partial charge >= 0.3 is 0 Å². The number of carbonyl (C=O) groups excluding carboxylic acids is 2. The standard InChI is InChI=1S/C20H27NO2/c1-5-6-7-8-11-16(2)14-20(23)21(18(4)22)15-19-13-10-9-12-17(19)3/h6-13,16H,5,14-15H2,1-4H3/b7-6-,11-8-. The van der Waals surface area contributed by atoms with E-state index in [0.717, 1.165) is 17.5 Å². The molecule has 0 saturated carbocycles. The predicted octanol–water partition coefficient (Wildman–Crippen LogP) is 4.42. The molecule has 1 aromatic rings. The van der Waals surface area contributed by atoms with Crippen LogP contribution in [-0.4, -0.2) is 16.7 Å². The normalized spacial score (nSPS) is 12.7. The van der Waals surface area contributed by atoms with Crippen LogP contribution < -0.4 is 0 Å². The Bertz CT molecular complexity index is 587. The SMILES string of the molecule is CC/C=C\C=C/C(C)CC(=O)N(Cc1ccccc1C)C(C)=O. The number of allylic oxidation sites excluding steroid dienone is 4. The van der Waals surface area contributed by atoms with Crippen LogP contribution in [0.1, 0.15) is 44.7 Å². The van der Waals surface area contributed by atoms with Crippen molar-refractivity contribution in [2.75, 3.05) is 0 Å². The minimum absolute atomic E-state index is 0.0997. The van der Waals surface area contributed by atoms with Gasteiger partial charge in [0, 0.05) is 13.3 Å². The van der Waals surface area contributed by atoms with Crippen molar-refractivity contribution in [3.05, 3.63) is 59.7 Å². The van der Waals surface area contributed by atoms with E-state index < -0.39 is 0 Å². The van der Waals surface area contributed by atoms with Gasteiger partial charge in [0.15, 0.2) is 0 Å². The van der Waals surface area contributed by atoms with E-state index in [2.05, 4.69) is 13.0 Å². The van der Waals surface area contributed by atoms with E-state index in [1.165, 1.54) is 11.8 Å². The second kappa shape index (κ2) is 9.78. The molecule has 0 aliphatic heterocycles. The number of rotatable bonds is 7. The number of hydrogen-bond donors (Lipinski definition) is 0. The van der Waals surface area contributed by atoms with Gasteiger partial charge in [-0.2, -0.15) is 0 Å². The Morgan fingerprint density at radius 3 is 2.52 bits per heavy atom. The van der Waals surface area contributed by atoms with Gasteiger partial charge in [0.05, 0.1) is 6.54 Å². The Morgan fingerprint density at radius 1 is 1.22 bits per heavy atom. The Morgan fingerprint density at radius 2 is 1.91 bits per heavy atom. The highest BCUT2D eigenvalue weighted by atomic mass is 16.2. The minimum Gasteiger partial charge on any atom is -0.278 e. The van der Waals surface area contributed by atoms with Crippen LogP contribution in [0, 0.1) is 12.8 Å². The number of imide groups is 1. The molecule has 0 spiro atoms. The number of hydrogen-bond acceptors (Lipinski definition) is 2.